The molecule has 0 spiro atoms. The molecule has 0 radical (unpaired) electrons. The molecule has 0 unspecified atom stereocenters. The predicted molar refractivity (Wildman–Crippen MR) is 93.3 cm³/mol. The second kappa shape index (κ2) is 6.23. The van der Waals surface area contributed by atoms with Gasteiger partial charge in [-0.1, -0.05) is 11.6 Å². The van der Waals surface area contributed by atoms with Crippen molar-refractivity contribution >= 4 is 28.9 Å². The van der Waals surface area contributed by atoms with Crippen LogP contribution in [0.3, 0.4) is 0 Å². The van der Waals surface area contributed by atoms with E-state index in [4.69, 9.17) is 16.3 Å². The molecule has 9 heteroatoms. The van der Waals surface area contributed by atoms with Gasteiger partial charge in [-0.05, 0) is 25.1 Å². The Morgan fingerprint density at radius 1 is 1.35 bits per heavy atom. The van der Waals surface area contributed by atoms with Crippen LogP contribution in [0.2, 0.25) is 5.02 Å². The summed E-state index contributed by atoms with van der Waals surface area (Å²) in [5.41, 5.74) is 1.66. The van der Waals surface area contributed by atoms with Gasteiger partial charge in [-0.15, -0.1) is 0 Å². The maximum Gasteiger partial charge on any atom is 0.344 e. The van der Waals surface area contributed by atoms with E-state index in [-0.39, 0.29) is 17.7 Å². The minimum absolute atomic E-state index is 0.142. The molecule has 26 heavy (non-hydrogen) atoms. The molecule has 0 saturated carbocycles. The van der Waals surface area contributed by atoms with Crippen LogP contribution in [0.4, 0.5) is 0 Å². The van der Waals surface area contributed by atoms with E-state index < -0.39 is 5.97 Å². The fourth-order valence-corrected chi connectivity index (χ4v) is 2.81. The quantitative estimate of drug-likeness (QED) is 0.513. The molecule has 0 atom stereocenters. The zero-order valence-electron chi connectivity index (χ0n) is 13.6. The van der Waals surface area contributed by atoms with Crippen molar-refractivity contribution in [1.82, 2.24) is 24.0 Å². The highest BCUT2D eigenvalue weighted by molar-refractivity contribution is 6.30. The van der Waals surface area contributed by atoms with Crippen molar-refractivity contribution in [2.24, 2.45) is 0 Å². The molecule has 0 aromatic carbocycles. The number of carbonyl (C=O) groups excluding carboxylic acids is 1. The Bertz CT molecular complexity index is 1210. The topological polar surface area (TPSA) is 90.9 Å². The molecule has 130 valence electrons. The van der Waals surface area contributed by atoms with Crippen molar-refractivity contribution < 1.29 is 9.53 Å². The third-order valence-electron chi connectivity index (χ3n) is 3.80. The van der Waals surface area contributed by atoms with Gasteiger partial charge < -0.3 is 4.74 Å². The number of nitrogens with zero attached hydrogens (tertiary/aromatic N) is 5. The molecular formula is C17H12ClN5O3. The van der Waals surface area contributed by atoms with Crippen LogP contribution in [-0.2, 0) is 11.3 Å². The van der Waals surface area contributed by atoms with Gasteiger partial charge in [-0.2, -0.15) is 5.10 Å². The standard InChI is InChI=1S/C17H12ClN5O3/c1-10-15(16-19-5-2-6-23(16)21-10)17(25)26-9-12-7-14(24)22-8-11(18)3-4-13(22)20-12/h2-8H,9H2,1H3. The maximum atomic E-state index is 12.5. The average molecular weight is 370 g/mol. The summed E-state index contributed by atoms with van der Waals surface area (Å²) >= 11 is 5.88. The van der Waals surface area contributed by atoms with Crippen LogP contribution in [-0.4, -0.2) is 30.0 Å². The van der Waals surface area contributed by atoms with Crippen molar-refractivity contribution in [3.05, 3.63) is 75.2 Å². The second-order valence-electron chi connectivity index (χ2n) is 5.59. The van der Waals surface area contributed by atoms with Gasteiger partial charge in [0, 0.05) is 24.7 Å². The van der Waals surface area contributed by atoms with E-state index >= 15 is 0 Å². The Labute approximate surface area is 151 Å². The summed E-state index contributed by atoms with van der Waals surface area (Å²) in [5.74, 6) is -0.575. The van der Waals surface area contributed by atoms with E-state index in [2.05, 4.69) is 15.1 Å². The van der Waals surface area contributed by atoms with Gasteiger partial charge in [-0.25, -0.2) is 19.3 Å². The highest BCUT2D eigenvalue weighted by Crippen LogP contribution is 2.15. The summed E-state index contributed by atoms with van der Waals surface area (Å²) in [5, 5.41) is 4.65. The highest BCUT2D eigenvalue weighted by Gasteiger charge is 2.19. The summed E-state index contributed by atoms with van der Waals surface area (Å²) in [7, 11) is 0. The monoisotopic (exact) mass is 369 g/mol. The van der Waals surface area contributed by atoms with E-state index in [1.807, 2.05) is 0 Å². The van der Waals surface area contributed by atoms with Gasteiger partial charge in [-0.3, -0.25) is 9.20 Å². The molecule has 8 nitrogen and oxygen atoms in total. The van der Waals surface area contributed by atoms with E-state index in [1.54, 1.807) is 37.5 Å². The normalized spacial score (nSPS) is 11.2. The summed E-state index contributed by atoms with van der Waals surface area (Å²) in [6.45, 7) is 1.56. The molecule has 4 aromatic rings. The van der Waals surface area contributed by atoms with Crippen LogP contribution in [0, 0.1) is 6.92 Å². The van der Waals surface area contributed by atoms with Gasteiger partial charge in [0.2, 0.25) is 0 Å². The Kier molecular flexibility index (Phi) is 3.89. The van der Waals surface area contributed by atoms with Gasteiger partial charge in [0.25, 0.3) is 5.56 Å². The van der Waals surface area contributed by atoms with Crippen molar-refractivity contribution in [2.75, 3.05) is 0 Å². The van der Waals surface area contributed by atoms with E-state index in [0.717, 1.165) is 0 Å². The first-order chi connectivity index (χ1) is 12.5. The molecule has 4 aromatic heterocycles. The largest absolute Gasteiger partial charge is 0.455 e. The summed E-state index contributed by atoms with van der Waals surface area (Å²) in [6.07, 6.45) is 4.75. The lowest BCUT2D eigenvalue weighted by Gasteiger charge is -2.06. The zero-order valence-corrected chi connectivity index (χ0v) is 14.3. The lowest BCUT2D eigenvalue weighted by molar-refractivity contribution is 0.0469. The van der Waals surface area contributed by atoms with E-state index in [9.17, 15) is 9.59 Å². The first kappa shape index (κ1) is 16.2. The lowest BCUT2D eigenvalue weighted by atomic mass is 10.2. The summed E-state index contributed by atoms with van der Waals surface area (Å²) in [4.78, 5) is 33.1. The number of hydrogen-bond acceptors (Lipinski definition) is 6. The maximum absolute atomic E-state index is 12.5. The SMILES string of the molecule is Cc1nn2cccnc2c1C(=O)OCc1cc(=O)n2cc(Cl)ccc2n1. The molecule has 0 N–H and O–H groups in total. The number of aryl methyl sites for hydroxylation is 1. The molecule has 0 amide bonds. The van der Waals surface area contributed by atoms with Crippen molar-refractivity contribution in [2.45, 2.75) is 13.5 Å². The van der Waals surface area contributed by atoms with Crippen LogP contribution in [0.5, 0.6) is 0 Å². The third kappa shape index (κ3) is 2.80. The molecule has 4 rings (SSSR count). The molecule has 0 aliphatic carbocycles. The van der Waals surface area contributed by atoms with Crippen LogP contribution >= 0.6 is 11.6 Å². The molecule has 0 fully saturated rings. The van der Waals surface area contributed by atoms with Crippen LogP contribution in [0.15, 0.2) is 47.7 Å². The number of pyridine rings is 1. The highest BCUT2D eigenvalue weighted by atomic mass is 35.5. The third-order valence-corrected chi connectivity index (χ3v) is 4.03. The Morgan fingerprint density at radius 2 is 2.19 bits per heavy atom. The zero-order chi connectivity index (χ0) is 18.3. The number of hydrogen-bond donors (Lipinski definition) is 0. The van der Waals surface area contributed by atoms with Gasteiger partial charge in [0.1, 0.15) is 17.8 Å². The number of rotatable bonds is 3. The molecule has 0 saturated heterocycles. The van der Waals surface area contributed by atoms with Crippen LogP contribution in [0.25, 0.3) is 11.3 Å². The van der Waals surface area contributed by atoms with Crippen molar-refractivity contribution in [3.63, 3.8) is 0 Å². The first-order valence-electron chi connectivity index (χ1n) is 7.68. The first-order valence-corrected chi connectivity index (χ1v) is 8.05. The lowest BCUT2D eigenvalue weighted by Crippen LogP contribution is -2.16. The number of carbonyl (C=O) groups is 1. The Balaban J connectivity index is 1.61. The predicted octanol–water partition coefficient (Wildman–Crippen LogP) is 2.06. The van der Waals surface area contributed by atoms with Crippen molar-refractivity contribution in [1.29, 1.82) is 0 Å². The molecular weight excluding hydrogens is 358 g/mol. The van der Waals surface area contributed by atoms with E-state index in [1.165, 1.54) is 21.2 Å². The van der Waals surface area contributed by atoms with Gasteiger partial charge in [0.05, 0.1) is 16.4 Å². The number of ether oxygens (including phenoxy) is 1. The van der Waals surface area contributed by atoms with Crippen LogP contribution in [0.1, 0.15) is 21.7 Å². The number of esters is 1. The van der Waals surface area contributed by atoms with E-state index in [0.29, 0.717) is 27.7 Å². The smallest absolute Gasteiger partial charge is 0.344 e. The second-order valence-corrected chi connectivity index (χ2v) is 6.02. The molecule has 0 aliphatic heterocycles. The fourth-order valence-electron chi connectivity index (χ4n) is 2.65. The molecule has 0 aliphatic rings. The Morgan fingerprint density at radius 3 is 3.04 bits per heavy atom. The van der Waals surface area contributed by atoms with Crippen molar-refractivity contribution in [3.8, 4) is 0 Å². The molecule has 0 bridgehead atoms. The fraction of sp³-hybridized carbons (Fsp3) is 0.118. The average Bonchev–Trinajstić information content (AvgIpc) is 2.96. The minimum atomic E-state index is -0.575. The number of fused-ring (bicyclic) bond motifs is 2. The Hall–Kier alpha value is -3.26. The summed E-state index contributed by atoms with van der Waals surface area (Å²) in [6, 6.07) is 6.27. The summed E-state index contributed by atoms with van der Waals surface area (Å²) < 4.78 is 8.16. The number of aromatic nitrogens is 5. The van der Waals surface area contributed by atoms with Crippen LogP contribution < -0.4 is 5.56 Å². The number of halogens is 1. The van der Waals surface area contributed by atoms with Gasteiger partial charge in [0.15, 0.2) is 5.65 Å². The van der Waals surface area contributed by atoms with Gasteiger partial charge >= 0.3 is 5.97 Å². The molecule has 4 heterocycles. The minimum Gasteiger partial charge on any atom is -0.455 e.